The van der Waals surface area contributed by atoms with Crippen molar-refractivity contribution in [3.63, 3.8) is 0 Å². The number of nitrogens with zero attached hydrogens (tertiary/aromatic N) is 5. The van der Waals surface area contributed by atoms with Crippen LogP contribution in [0.5, 0.6) is 0 Å². The maximum Gasteiger partial charge on any atom is 0.321 e. The van der Waals surface area contributed by atoms with E-state index < -0.39 is 12.0 Å². The number of hydrogen-bond acceptors (Lipinski definition) is 8. The zero-order valence-corrected chi connectivity index (χ0v) is 24.4. The van der Waals surface area contributed by atoms with E-state index in [9.17, 15) is 14.4 Å². The lowest BCUT2D eigenvalue weighted by atomic mass is 9.80. The molecule has 1 aliphatic heterocycles. The van der Waals surface area contributed by atoms with Crippen molar-refractivity contribution in [1.29, 1.82) is 0 Å². The summed E-state index contributed by atoms with van der Waals surface area (Å²) in [7, 11) is 0. The molecule has 2 amide bonds. The van der Waals surface area contributed by atoms with Crippen molar-refractivity contribution in [2.24, 2.45) is 11.1 Å². The Morgan fingerprint density at radius 2 is 2.02 bits per heavy atom. The molecule has 1 aliphatic rings. The molecule has 0 bridgehead atoms. The number of pyridine rings is 1. The normalized spacial score (nSPS) is 15.6. The number of imidazole rings is 1. The van der Waals surface area contributed by atoms with Crippen LogP contribution in [0, 0.1) is 5.41 Å². The van der Waals surface area contributed by atoms with Crippen LogP contribution in [0.15, 0.2) is 55.2 Å². The van der Waals surface area contributed by atoms with E-state index >= 15 is 0 Å². The Bertz CT molecular complexity index is 1540. The number of aromatic nitrogens is 4. The molecule has 0 saturated carbocycles. The summed E-state index contributed by atoms with van der Waals surface area (Å²) < 4.78 is 3.87. The Hall–Kier alpha value is -3.68. The molecule has 0 aliphatic carbocycles. The van der Waals surface area contributed by atoms with Gasteiger partial charge in [0.1, 0.15) is 11.7 Å². The van der Waals surface area contributed by atoms with E-state index in [2.05, 4.69) is 22.3 Å². The Balaban J connectivity index is 1.10. The summed E-state index contributed by atoms with van der Waals surface area (Å²) >= 11 is 2.70. The standard InChI is InChI=1S/C28H33N7O4S2/c1-28(5-9-34(10-6-28)25(36)17-40-16-21(29)27(38)39)18-35-15-20(14-32-35)22-2-3-23(41-22)26(37)31-13-19-4-8-33-11-7-30-24(33)12-19/h2-4,7-8,11-12,14-15,21H,5-6,9-10,13,16-18,29H2,1H3,(H,31,37)(H,38,39)/t21-/m0/s1. The molecule has 0 spiro atoms. The SMILES string of the molecule is CC1(Cn2cc(-c3ccc(C(=O)NCc4ccn5ccnc5c4)s3)cn2)CCN(C(=O)CSC[C@H](N)C(=O)O)CC1. The number of nitrogens with two attached hydrogens (primary N) is 1. The molecule has 1 fully saturated rings. The Morgan fingerprint density at radius 1 is 1.22 bits per heavy atom. The first-order valence-corrected chi connectivity index (χ1v) is 15.3. The van der Waals surface area contributed by atoms with Crippen LogP contribution < -0.4 is 11.1 Å². The quantitative estimate of drug-likeness (QED) is 0.240. The van der Waals surface area contributed by atoms with Gasteiger partial charge < -0.3 is 25.5 Å². The predicted octanol–water partition coefficient (Wildman–Crippen LogP) is 2.96. The topological polar surface area (TPSA) is 148 Å². The number of thioether (sulfide) groups is 1. The van der Waals surface area contributed by atoms with Gasteiger partial charge in [-0.15, -0.1) is 23.1 Å². The zero-order valence-electron chi connectivity index (χ0n) is 22.7. The Labute approximate surface area is 245 Å². The fourth-order valence-electron chi connectivity index (χ4n) is 4.81. The van der Waals surface area contributed by atoms with E-state index in [1.54, 1.807) is 6.20 Å². The number of likely N-dealkylation sites (tertiary alicyclic amines) is 1. The van der Waals surface area contributed by atoms with Crippen molar-refractivity contribution in [1.82, 2.24) is 29.4 Å². The summed E-state index contributed by atoms with van der Waals surface area (Å²) in [5.41, 5.74) is 8.30. The summed E-state index contributed by atoms with van der Waals surface area (Å²) in [5.74, 6) is -0.696. The van der Waals surface area contributed by atoms with Crippen LogP contribution in [-0.4, -0.2) is 77.6 Å². The fourth-order valence-corrected chi connectivity index (χ4v) is 6.57. The molecule has 4 N–H and O–H groups in total. The molecule has 0 radical (unpaired) electrons. The summed E-state index contributed by atoms with van der Waals surface area (Å²) in [6.07, 6.45) is 11.1. The number of carbonyl (C=O) groups excluding carboxylic acids is 2. The van der Waals surface area contributed by atoms with E-state index in [-0.39, 0.29) is 28.7 Å². The van der Waals surface area contributed by atoms with E-state index in [1.165, 1.54) is 23.1 Å². The summed E-state index contributed by atoms with van der Waals surface area (Å²) in [5, 5.41) is 16.4. The molecule has 4 aromatic heterocycles. The number of piperidine rings is 1. The first-order chi connectivity index (χ1) is 19.7. The van der Waals surface area contributed by atoms with Crippen molar-refractivity contribution in [2.45, 2.75) is 38.9 Å². The van der Waals surface area contributed by atoms with E-state index in [4.69, 9.17) is 10.8 Å². The van der Waals surface area contributed by atoms with Gasteiger partial charge in [0.2, 0.25) is 5.91 Å². The summed E-state index contributed by atoms with van der Waals surface area (Å²) in [6.45, 7) is 4.70. The lowest BCUT2D eigenvalue weighted by Gasteiger charge is -2.39. The molecule has 5 heterocycles. The number of amides is 2. The predicted molar refractivity (Wildman–Crippen MR) is 159 cm³/mol. The van der Waals surface area contributed by atoms with Crippen molar-refractivity contribution in [2.75, 3.05) is 24.6 Å². The average Bonchev–Trinajstić information content (AvgIpc) is 3.72. The highest BCUT2D eigenvalue weighted by Crippen LogP contribution is 2.34. The van der Waals surface area contributed by atoms with E-state index in [1.807, 2.05) is 63.0 Å². The molecule has 11 nitrogen and oxygen atoms in total. The Kier molecular flexibility index (Phi) is 8.76. The zero-order chi connectivity index (χ0) is 29.0. The number of rotatable bonds is 11. The van der Waals surface area contributed by atoms with E-state index in [0.717, 1.165) is 41.0 Å². The third-order valence-corrected chi connectivity index (χ3v) is 9.55. The number of thiophene rings is 1. The monoisotopic (exact) mass is 595 g/mol. The molecule has 1 saturated heterocycles. The van der Waals surface area contributed by atoms with Crippen LogP contribution in [0.1, 0.15) is 35.0 Å². The van der Waals surface area contributed by atoms with Crippen LogP contribution in [-0.2, 0) is 22.7 Å². The smallest absolute Gasteiger partial charge is 0.321 e. The van der Waals surface area contributed by atoms with Crippen LogP contribution in [0.4, 0.5) is 0 Å². The minimum atomic E-state index is -1.05. The van der Waals surface area contributed by atoms with Crippen LogP contribution in [0.25, 0.3) is 16.1 Å². The largest absolute Gasteiger partial charge is 0.480 e. The van der Waals surface area contributed by atoms with Crippen molar-refractivity contribution in [3.8, 4) is 10.4 Å². The summed E-state index contributed by atoms with van der Waals surface area (Å²) in [4.78, 5) is 43.9. The molecule has 216 valence electrons. The van der Waals surface area contributed by atoms with Gasteiger partial charge in [-0.3, -0.25) is 19.1 Å². The van der Waals surface area contributed by atoms with Crippen LogP contribution in [0.3, 0.4) is 0 Å². The Morgan fingerprint density at radius 3 is 2.80 bits per heavy atom. The lowest BCUT2D eigenvalue weighted by molar-refractivity contribution is -0.138. The molecule has 0 aromatic carbocycles. The number of aliphatic carboxylic acids is 1. The molecule has 13 heteroatoms. The van der Waals surface area contributed by atoms with E-state index in [0.29, 0.717) is 24.5 Å². The number of fused-ring (bicyclic) bond motifs is 1. The van der Waals surface area contributed by atoms with Crippen molar-refractivity contribution < 1.29 is 19.5 Å². The molecule has 0 unspecified atom stereocenters. The lowest BCUT2D eigenvalue weighted by Crippen LogP contribution is -2.44. The molecular formula is C28H33N7O4S2. The highest BCUT2D eigenvalue weighted by atomic mass is 32.2. The number of carbonyl (C=O) groups is 3. The van der Waals surface area contributed by atoms with Gasteiger partial charge in [0.15, 0.2) is 0 Å². The third kappa shape index (κ3) is 7.16. The maximum atomic E-state index is 12.8. The van der Waals surface area contributed by atoms with Gasteiger partial charge in [0, 0.05) is 67.2 Å². The highest BCUT2D eigenvalue weighted by molar-refractivity contribution is 8.00. The number of hydrogen-bond donors (Lipinski definition) is 3. The molecular weight excluding hydrogens is 562 g/mol. The number of carboxylic acid groups (broad SMARTS) is 1. The van der Waals surface area contributed by atoms with Gasteiger partial charge in [-0.2, -0.15) is 5.10 Å². The first kappa shape index (κ1) is 28.8. The molecule has 41 heavy (non-hydrogen) atoms. The van der Waals surface area contributed by atoms with Gasteiger partial charge in [-0.25, -0.2) is 4.98 Å². The van der Waals surface area contributed by atoms with Gasteiger partial charge in [-0.1, -0.05) is 6.92 Å². The average molecular weight is 596 g/mol. The summed E-state index contributed by atoms with van der Waals surface area (Å²) in [6, 6.07) is 6.75. The minimum Gasteiger partial charge on any atom is -0.480 e. The second kappa shape index (κ2) is 12.5. The van der Waals surface area contributed by atoms with Gasteiger partial charge in [0.05, 0.1) is 16.8 Å². The minimum absolute atomic E-state index is 0.00121. The molecule has 5 rings (SSSR count). The van der Waals surface area contributed by atoms with Gasteiger partial charge in [0.25, 0.3) is 5.91 Å². The van der Waals surface area contributed by atoms with Crippen molar-refractivity contribution in [3.05, 3.63) is 65.7 Å². The number of carboxylic acids is 1. The van der Waals surface area contributed by atoms with Gasteiger partial charge >= 0.3 is 5.97 Å². The molecule has 4 aromatic rings. The van der Waals surface area contributed by atoms with Gasteiger partial charge in [-0.05, 0) is 48.1 Å². The van der Waals surface area contributed by atoms with Crippen LogP contribution in [0.2, 0.25) is 0 Å². The highest BCUT2D eigenvalue weighted by Gasteiger charge is 2.32. The third-order valence-electron chi connectivity index (χ3n) is 7.37. The van der Waals surface area contributed by atoms with Crippen molar-refractivity contribution >= 4 is 46.5 Å². The maximum absolute atomic E-state index is 12.8. The fraction of sp³-hybridized carbons (Fsp3) is 0.393. The second-order valence-electron chi connectivity index (χ2n) is 10.7. The molecule has 1 atom stereocenters. The first-order valence-electron chi connectivity index (χ1n) is 13.4. The second-order valence-corrected chi connectivity index (χ2v) is 12.8. The number of nitrogens with one attached hydrogen (secondary N) is 1. The van der Waals surface area contributed by atoms with Crippen LogP contribution >= 0.6 is 23.1 Å².